The summed E-state index contributed by atoms with van der Waals surface area (Å²) in [6.07, 6.45) is 5.02. The van der Waals surface area contributed by atoms with Crippen molar-refractivity contribution in [1.29, 1.82) is 0 Å². The molecule has 60 valence electrons. The van der Waals surface area contributed by atoms with Crippen LogP contribution in [0.5, 0.6) is 0 Å². The van der Waals surface area contributed by atoms with Gasteiger partial charge in [0.1, 0.15) is 5.83 Å². The molecule has 0 aromatic rings. The van der Waals surface area contributed by atoms with Gasteiger partial charge in [0.25, 0.3) is 0 Å². The van der Waals surface area contributed by atoms with E-state index in [4.69, 9.17) is 5.73 Å². The molecule has 0 fully saturated rings. The van der Waals surface area contributed by atoms with Gasteiger partial charge in [0.15, 0.2) is 0 Å². The maximum Gasteiger partial charge on any atom is 0.100 e. The van der Waals surface area contributed by atoms with Crippen molar-refractivity contribution in [3.8, 4) is 0 Å². The van der Waals surface area contributed by atoms with Gasteiger partial charge in [-0.1, -0.05) is 5.57 Å². The second kappa shape index (κ2) is 2.45. The summed E-state index contributed by atoms with van der Waals surface area (Å²) >= 11 is 0. The standard InChI is InChI=1S/C9H12FN/c10-8-2-1-6-4-9(11)5-7(6)3-8/h3,9H,1-2,4-5,11H2. The van der Waals surface area contributed by atoms with Gasteiger partial charge in [0, 0.05) is 12.5 Å². The lowest BCUT2D eigenvalue weighted by atomic mass is 10.00. The molecular weight excluding hydrogens is 141 g/mol. The average Bonchev–Trinajstić information content (AvgIpc) is 2.27. The lowest BCUT2D eigenvalue weighted by Crippen LogP contribution is -2.15. The Morgan fingerprint density at radius 2 is 2.18 bits per heavy atom. The monoisotopic (exact) mass is 153 g/mol. The fourth-order valence-electron chi connectivity index (χ4n) is 1.90. The molecule has 1 atom stereocenters. The molecule has 0 aliphatic heterocycles. The number of rotatable bonds is 0. The van der Waals surface area contributed by atoms with E-state index >= 15 is 0 Å². The molecule has 2 rings (SSSR count). The number of hydrogen-bond acceptors (Lipinski definition) is 1. The molecule has 0 spiro atoms. The maximum atomic E-state index is 12.7. The molecule has 11 heavy (non-hydrogen) atoms. The molecule has 0 aromatic heterocycles. The summed E-state index contributed by atoms with van der Waals surface area (Å²) in [6, 6.07) is 0.252. The van der Waals surface area contributed by atoms with E-state index in [1.165, 1.54) is 11.1 Å². The minimum atomic E-state index is 0.0258. The summed E-state index contributed by atoms with van der Waals surface area (Å²) in [6.45, 7) is 0. The zero-order valence-corrected chi connectivity index (χ0v) is 6.44. The fourth-order valence-corrected chi connectivity index (χ4v) is 1.90. The van der Waals surface area contributed by atoms with Crippen LogP contribution < -0.4 is 5.73 Å². The van der Waals surface area contributed by atoms with Crippen LogP contribution in [0.3, 0.4) is 0 Å². The van der Waals surface area contributed by atoms with Gasteiger partial charge in [-0.3, -0.25) is 0 Å². The van der Waals surface area contributed by atoms with Crippen LogP contribution in [-0.2, 0) is 0 Å². The molecule has 0 amide bonds. The highest BCUT2D eigenvalue weighted by Gasteiger charge is 2.22. The Hall–Kier alpha value is -0.630. The Bertz CT molecular complexity index is 240. The van der Waals surface area contributed by atoms with Gasteiger partial charge >= 0.3 is 0 Å². The Morgan fingerprint density at radius 3 is 3.00 bits per heavy atom. The van der Waals surface area contributed by atoms with Crippen LogP contribution in [0.4, 0.5) is 4.39 Å². The summed E-state index contributed by atoms with van der Waals surface area (Å²) in [5.41, 5.74) is 8.30. The van der Waals surface area contributed by atoms with Gasteiger partial charge in [-0.05, 0) is 30.9 Å². The van der Waals surface area contributed by atoms with E-state index in [1.54, 1.807) is 6.08 Å². The second-order valence-corrected chi connectivity index (χ2v) is 3.39. The maximum absolute atomic E-state index is 12.7. The van der Waals surface area contributed by atoms with E-state index in [2.05, 4.69) is 0 Å². The van der Waals surface area contributed by atoms with Crippen LogP contribution >= 0.6 is 0 Å². The van der Waals surface area contributed by atoms with Crippen molar-refractivity contribution in [3.63, 3.8) is 0 Å². The smallest absolute Gasteiger partial charge is 0.100 e. The quantitative estimate of drug-likeness (QED) is 0.566. The molecule has 2 aliphatic carbocycles. The molecule has 0 saturated heterocycles. The Kier molecular flexibility index (Phi) is 1.57. The van der Waals surface area contributed by atoms with Crippen molar-refractivity contribution >= 4 is 0 Å². The molecule has 2 aliphatic rings. The first kappa shape index (κ1) is 7.04. The molecule has 0 aromatic carbocycles. The lowest BCUT2D eigenvalue weighted by molar-refractivity contribution is 0.577. The van der Waals surface area contributed by atoms with Crippen molar-refractivity contribution in [2.24, 2.45) is 5.73 Å². The number of hydrogen-bond donors (Lipinski definition) is 1. The van der Waals surface area contributed by atoms with Crippen molar-refractivity contribution in [2.75, 3.05) is 0 Å². The number of allylic oxidation sites excluding steroid dienone is 2. The number of nitrogens with two attached hydrogens (primary N) is 1. The summed E-state index contributed by atoms with van der Waals surface area (Å²) in [4.78, 5) is 0. The highest BCUT2D eigenvalue weighted by Crippen LogP contribution is 2.35. The van der Waals surface area contributed by atoms with Gasteiger partial charge < -0.3 is 5.73 Å². The first-order chi connectivity index (χ1) is 5.25. The van der Waals surface area contributed by atoms with Crippen LogP contribution in [0.15, 0.2) is 23.0 Å². The van der Waals surface area contributed by atoms with Gasteiger partial charge in [0.05, 0.1) is 0 Å². The third kappa shape index (κ3) is 1.23. The number of halogens is 1. The predicted octanol–water partition coefficient (Wildman–Crippen LogP) is 2.05. The van der Waals surface area contributed by atoms with Crippen molar-refractivity contribution in [1.82, 2.24) is 0 Å². The molecule has 0 heterocycles. The molecular formula is C9H12FN. The summed E-state index contributed by atoms with van der Waals surface area (Å²) in [7, 11) is 0. The van der Waals surface area contributed by atoms with E-state index in [1.807, 2.05) is 0 Å². The van der Waals surface area contributed by atoms with Crippen LogP contribution in [0.25, 0.3) is 0 Å². The largest absolute Gasteiger partial charge is 0.327 e. The Labute approximate surface area is 65.8 Å². The zero-order valence-electron chi connectivity index (χ0n) is 6.44. The molecule has 2 heteroatoms. The zero-order chi connectivity index (χ0) is 7.84. The molecule has 1 nitrogen and oxygen atoms in total. The average molecular weight is 153 g/mol. The van der Waals surface area contributed by atoms with E-state index < -0.39 is 0 Å². The van der Waals surface area contributed by atoms with E-state index in [0.717, 1.165) is 19.3 Å². The Morgan fingerprint density at radius 1 is 1.36 bits per heavy atom. The summed E-state index contributed by atoms with van der Waals surface area (Å²) < 4.78 is 12.7. The van der Waals surface area contributed by atoms with Gasteiger partial charge in [-0.2, -0.15) is 0 Å². The van der Waals surface area contributed by atoms with Crippen molar-refractivity contribution in [2.45, 2.75) is 31.7 Å². The predicted molar refractivity (Wildman–Crippen MR) is 42.7 cm³/mol. The highest BCUT2D eigenvalue weighted by molar-refractivity contribution is 5.36. The van der Waals surface area contributed by atoms with Crippen LogP contribution in [-0.4, -0.2) is 6.04 Å². The fraction of sp³-hybridized carbons (Fsp3) is 0.556. The van der Waals surface area contributed by atoms with Crippen molar-refractivity contribution < 1.29 is 4.39 Å². The molecule has 2 N–H and O–H groups in total. The summed E-state index contributed by atoms with van der Waals surface area (Å²) in [5.74, 6) is 0.0258. The molecule has 1 unspecified atom stereocenters. The van der Waals surface area contributed by atoms with Crippen molar-refractivity contribution in [3.05, 3.63) is 23.0 Å². The first-order valence-electron chi connectivity index (χ1n) is 4.08. The van der Waals surface area contributed by atoms with Crippen LogP contribution in [0.1, 0.15) is 25.7 Å². The topological polar surface area (TPSA) is 26.0 Å². The molecule has 0 radical (unpaired) electrons. The van der Waals surface area contributed by atoms with Crippen LogP contribution in [0, 0.1) is 0 Å². The SMILES string of the molecule is NC1CC2=C(CCC(F)=C2)C1. The molecule has 0 bridgehead atoms. The van der Waals surface area contributed by atoms with Gasteiger partial charge in [0.2, 0.25) is 0 Å². The van der Waals surface area contributed by atoms with E-state index in [-0.39, 0.29) is 11.9 Å². The minimum Gasteiger partial charge on any atom is -0.327 e. The van der Waals surface area contributed by atoms with Crippen LogP contribution in [0.2, 0.25) is 0 Å². The van der Waals surface area contributed by atoms with Gasteiger partial charge in [-0.25, -0.2) is 4.39 Å². The third-order valence-electron chi connectivity index (χ3n) is 2.44. The first-order valence-corrected chi connectivity index (χ1v) is 4.08. The van der Waals surface area contributed by atoms with E-state index in [0.29, 0.717) is 6.42 Å². The normalized spacial score (nSPS) is 30.4. The summed E-state index contributed by atoms with van der Waals surface area (Å²) in [5, 5.41) is 0. The second-order valence-electron chi connectivity index (χ2n) is 3.39. The highest BCUT2D eigenvalue weighted by atomic mass is 19.1. The minimum absolute atomic E-state index is 0.0258. The third-order valence-corrected chi connectivity index (χ3v) is 2.44. The Balaban J connectivity index is 2.23. The van der Waals surface area contributed by atoms with Gasteiger partial charge in [-0.15, -0.1) is 0 Å². The molecule has 0 saturated carbocycles. The lowest BCUT2D eigenvalue weighted by Gasteiger charge is -2.08. The van der Waals surface area contributed by atoms with E-state index in [9.17, 15) is 4.39 Å².